The predicted molar refractivity (Wildman–Crippen MR) is 98.6 cm³/mol. The first-order valence-corrected chi connectivity index (χ1v) is 9.62. The van der Waals surface area contributed by atoms with Gasteiger partial charge in [-0.2, -0.15) is 4.98 Å². The molecular weight excluding hydrogens is 358 g/mol. The van der Waals surface area contributed by atoms with Crippen molar-refractivity contribution < 1.29 is 14.1 Å². The Balaban J connectivity index is 1.39. The molecule has 1 N–H and O–H groups in total. The number of ether oxygens (including phenoxy) is 1. The zero-order valence-electron chi connectivity index (χ0n) is 13.6. The van der Waals surface area contributed by atoms with Crippen LogP contribution in [0.2, 0.25) is 0 Å². The summed E-state index contributed by atoms with van der Waals surface area (Å²) in [4.78, 5) is 17.1. The van der Waals surface area contributed by atoms with E-state index < -0.39 is 0 Å². The summed E-state index contributed by atoms with van der Waals surface area (Å²) < 4.78 is 10.3. The van der Waals surface area contributed by atoms with Crippen molar-refractivity contribution in [3.63, 3.8) is 0 Å². The molecule has 130 valence electrons. The van der Waals surface area contributed by atoms with Gasteiger partial charge in [0.1, 0.15) is 5.75 Å². The lowest BCUT2D eigenvalue weighted by atomic mass is 10.2. The number of aromatic nitrogens is 2. The zero-order valence-corrected chi connectivity index (χ0v) is 15.2. The maximum absolute atomic E-state index is 11.9. The molecule has 0 fully saturated rings. The molecule has 0 spiro atoms. The number of carbonyl (C=O) groups is 1. The number of hydrogen-bond donors (Lipinski definition) is 1. The Morgan fingerprint density at radius 3 is 2.88 bits per heavy atom. The highest BCUT2D eigenvalue weighted by Gasteiger charge is 2.10. The molecule has 0 aliphatic carbocycles. The highest BCUT2D eigenvalue weighted by atomic mass is 32.2. The molecule has 0 atom stereocenters. The Kier molecular flexibility index (Phi) is 6.08. The second-order valence-corrected chi connectivity index (χ2v) is 7.04. The summed E-state index contributed by atoms with van der Waals surface area (Å²) in [6.07, 6.45) is 0. The molecule has 1 aromatic carbocycles. The Morgan fingerprint density at radius 2 is 2.16 bits per heavy atom. The van der Waals surface area contributed by atoms with Crippen molar-refractivity contribution >= 4 is 29.0 Å². The van der Waals surface area contributed by atoms with Crippen LogP contribution in [0.5, 0.6) is 5.75 Å². The molecule has 0 aliphatic rings. The average Bonchev–Trinajstić information content (AvgIpc) is 3.32. The van der Waals surface area contributed by atoms with Crippen LogP contribution in [0.4, 0.5) is 0 Å². The summed E-state index contributed by atoms with van der Waals surface area (Å²) in [6.45, 7) is 0.236. The third-order valence-corrected chi connectivity index (χ3v) is 5.18. The minimum atomic E-state index is -0.0608. The van der Waals surface area contributed by atoms with Gasteiger partial charge in [-0.15, -0.1) is 23.1 Å². The largest absolute Gasteiger partial charge is 0.497 e. The van der Waals surface area contributed by atoms with E-state index in [1.165, 1.54) is 0 Å². The topological polar surface area (TPSA) is 77.2 Å². The number of hydrogen-bond acceptors (Lipinski definition) is 7. The van der Waals surface area contributed by atoms with E-state index in [0.717, 1.165) is 21.9 Å². The summed E-state index contributed by atoms with van der Waals surface area (Å²) in [5, 5.41) is 8.65. The van der Waals surface area contributed by atoms with Crippen LogP contribution in [0.15, 0.2) is 46.3 Å². The Morgan fingerprint density at radius 1 is 1.32 bits per heavy atom. The van der Waals surface area contributed by atoms with Crippen LogP contribution in [0.1, 0.15) is 11.5 Å². The van der Waals surface area contributed by atoms with Crippen molar-refractivity contribution in [1.29, 1.82) is 0 Å². The van der Waals surface area contributed by atoms with Crippen molar-refractivity contribution in [3.8, 4) is 16.5 Å². The van der Waals surface area contributed by atoms with Crippen LogP contribution in [0.25, 0.3) is 10.7 Å². The number of nitrogens with zero attached hydrogens (tertiary/aromatic N) is 2. The van der Waals surface area contributed by atoms with Crippen molar-refractivity contribution in [2.75, 3.05) is 12.9 Å². The smallest absolute Gasteiger partial charge is 0.246 e. The van der Waals surface area contributed by atoms with Crippen LogP contribution in [-0.4, -0.2) is 28.9 Å². The first-order valence-electron chi connectivity index (χ1n) is 7.58. The first kappa shape index (κ1) is 17.5. The van der Waals surface area contributed by atoms with Gasteiger partial charge in [0.25, 0.3) is 0 Å². The van der Waals surface area contributed by atoms with Gasteiger partial charge in [0.2, 0.25) is 17.6 Å². The van der Waals surface area contributed by atoms with E-state index >= 15 is 0 Å². The van der Waals surface area contributed by atoms with Crippen molar-refractivity contribution in [1.82, 2.24) is 15.5 Å². The van der Waals surface area contributed by atoms with E-state index in [2.05, 4.69) is 15.5 Å². The van der Waals surface area contributed by atoms with Gasteiger partial charge in [-0.3, -0.25) is 4.79 Å². The lowest BCUT2D eigenvalue weighted by Crippen LogP contribution is -2.24. The van der Waals surface area contributed by atoms with E-state index in [4.69, 9.17) is 9.26 Å². The Bertz CT molecular complexity index is 801. The molecule has 0 saturated carbocycles. The summed E-state index contributed by atoms with van der Waals surface area (Å²) >= 11 is 3.09. The van der Waals surface area contributed by atoms with E-state index in [1.807, 2.05) is 41.8 Å². The lowest BCUT2D eigenvalue weighted by Gasteiger charge is -2.04. The fourth-order valence-corrected chi connectivity index (χ4v) is 3.51. The van der Waals surface area contributed by atoms with Crippen LogP contribution >= 0.6 is 23.1 Å². The maximum atomic E-state index is 11.9. The number of thioether (sulfide) groups is 1. The molecule has 8 heteroatoms. The maximum Gasteiger partial charge on any atom is 0.246 e. The number of nitrogens with one attached hydrogen (secondary N) is 1. The van der Waals surface area contributed by atoms with Crippen LogP contribution in [-0.2, 0) is 17.1 Å². The molecular formula is C17H17N3O3S2. The van der Waals surface area contributed by atoms with E-state index in [0.29, 0.717) is 17.5 Å². The minimum absolute atomic E-state index is 0.0608. The van der Waals surface area contributed by atoms with Crippen LogP contribution in [0, 0.1) is 0 Å². The molecule has 0 unspecified atom stereocenters. The van der Waals surface area contributed by atoms with Gasteiger partial charge in [-0.25, -0.2) is 0 Å². The van der Waals surface area contributed by atoms with E-state index in [1.54, 1.807) is 30.2 Å². The van der Waals surface area contributed by atoms with Crippen LogP contribution in [0.3, 0.4) is 0 Å². The highest BCUT2D eigenvalue weighted by Crippen LogP contribution is 2.21. The van der Waals surface area contributed by atoms with Crippen molar-refractivity contribution in [3.05, 3.63) is 53.2 Å². The second-order valence-electron chi connectivity index (χ2n) is 5.11. The Labute approximate surface area is 153 Å². The third kappa shape index (κ3) is 5.07. The molecule has 25 heavy (non-hydrogen) atoms. The summed E-state index contributed by atoms with van der Waals surface area (Å²) in [6, 6.07) is 11.7. The van der Waals surface area contributed by atoms with Gasteiger partial charge in [0, 0.05) is 5.75 Å². The van der Waals surface area contributed by atoms with Gasteiger partial charge in [-0.05, 0) is 29.1 Å². The van der Waals surface area contributed by atoms with Gasteiger partial charge in [0.05, 0.1) is 24.3 Å². The fourth-order valence-electron chi connectivity index (χ4n) is 2.04. The number of benzene rings is 1. The lowest BCUT2D eigenvalue weighted by molar-refractivity contribution is -0.118. The monoisotopic (exact) mass is 375 g/mol. The predicted octanol–water partition coefficient (Wildman–Crippen LogP) is 3.36. The Hall–Kier alpha value is -2.32. The SMILES string of the molecule is COc1ccc(CSCC(=O)NCc2nc(-c3cccs3)no2)cc1. The molecule has 0 saturated heterocycles. The van der Waals surface area contributed by atoms with Crippen molar-refractivity contribution in [2.24, 2.45) is 0 Å². The molecule has 1 amide bonds. The van der Waals surface area contributed by atoms with Gasteiger partial charge in [-0.1, -0.05) is 23.4 Å². The minimum Gasteiger partial charge on any atom is -0.497 e. The number of amides is 1. The molecule has 0 radical (unpaired) electrons. The quantitative estimate of drug-likeness (QED) is 0.651. The van der Waals surface area contributed by atoms with Gasteiger partial charge >= 0.3 is 0 Å². The average molecular weight is 375 g/mol. The zero-order chi connectivity index (χ0) is 17.5. The highest BCUT2D eigenvalue weighted by molar-refractivity contribution is 7.99. The number of methoxy groups -OCH3 is 1. The summed E-state index contributed by atoms with van der Waals surface area (Å²) in [7, 11) is 1.64. The number of rotatable bonds is 8. The molecule has 0 aliphatic heterocycles. The van der Waals surface area contributed by atoms with Gasteiger partial charge < -0.3 is 14.6 Å². The summed E-state index contributed by atoms with van der Waals surface area (Å²) in [5.41, 5.74) is 1.15. The normalized spacial score (nSPS) is 10.6. The summed E-state index contributed by atoms with van der Waals surface area (Å²) in [5.74, 6) is 2.85. The standard InChI is InChI=1S/C17H17N3O3S2/c1-22-13-6-4-12(5-7-13)10-24-11-15(21)18-9-16-19-17(20-23-16)14-3-2-8-25-14/h2-8H,9-11H2,1H3,(H,18,21). The molecule has 2 heterocycles. The van der Waals surface area contributed by atoms with E-state index in [9.17, 15) is 4.79 Å². The first-order chi connectivity index (χ1) is 12.2. The van der Waals surface area contributed by atoms with Crippen molar-refractivity contribution in [2.45, 2.75) is 12.3 Å². The number of thiophene rings is 1. The molecule has 3 aromatic rings. The second kappa shape index (κ2) is 8.68. The molecule has 3 rings (SSSR count). The number of carbonyl (C=O) groups excluding carboxylic acids is 1. The van der Waals surface area contributed by atoms with Gasteiger partial charge in [0.15, 0.2) is 0 Å². The third-order valence-electron chi connectivity index (χ3n) is 3.31. The molecule has 6 nitrogen and oxygen atoms in total. The van der Waals surface area contributed by atoms with Crippen LogP contribution < -0.4 is 10.1 Å². The molecule has 2 aromatic heterocycles. The fraction of sp³-hybridized carbons (Fsp3) is 0.235. The van der Waals surface area contributed by atoms with E-state index in [-0.39, 0.29) is 12.5 Å². The molecule has 0 bridgehead atoms.